The molecule has 2 atom stereocenters. The summed E-state index contributed by atoms with van der Waals surface area (Å²) >= 11 is 0. The van der Waals surface area contributed by atoms with E-state index >= 15 is 0 Å². The highest BCUT2D eigenvalue weighted by Gasteiger charge is 2.41. The summed E-state index contributed by atoms with van der Waals surface area (Å²) in [5.41, 5.74) is 0. The molecule has 1 N–H and O–H groups in total. The van der Waals surface area contributed by atoms with Crippen LogP contribution in [0.3, 0.4) is 0 Å². The zero-order chi connectivity index (χ0) is 13.2. The van der Waals surface area contributed by atoms with Crippen molar-refractivity contribution in [2.45, 2.75) is 57.0 Å². The molecule has 19 heavy (non-hydrogen) atoms. The summed E-state index contributed by atoms with van der Waals surface area (Å²) in [6, 6.07) is 1.10. The number of likely N-dealkylation sites (tertiary alicyclic amines) is 2. The summed E-state index contributed by atoms with van der Waals surface area (Å²) in [5.74, 6) is -0.680. The first kappa shape index (κ1) is 13.4. The third-order valence-corrected chi connectivity index (χ3v) is 5.43. The van der Waals surface area contributed by atoms with Crippen molar-refractivity contribution in [2.75, 3.05) is 26.2 Å². The number of carboxylic acid groups (broad SMARTS) is 1. The van der Waals surface area contributed by atoms with Crippen LogP contribution in [-0.4, -0.2) is 59.1 Å². The van der Waals surface area contributed by atoms with E-state index in [4.69, 9.17) is 5.11 Å². The van der Waals surface area contributed by atoms with Crippen molar-refractivity contribution < 1.29 is 9.90 Å². The number of carboxylic acids is 1. The Morgan fingerprint density at radius 1 is 0.842 bits per heavy atom. The van der Waals surface area contributed by atoms with Gasteiger partial charge in [-0.25, -0.2) is 0 Å². The van der Waals surface area contributed by atoms with Crippen LogP contribution < -0.4 is 0 Å². The van der Waals surface area contributed by atoms with Crippen LogP contribution in [0, 0.1) is 5.92 Å². The quantitative estimate of drug-likeness (QED) is 0.846. The van der Waals surface area contributed by atoms with Crippen molar-refractivity contribution in [3.8, 4) is 0 Å². The van der Waals surface area contributed by atoms with Gasteiger partial charge >= 0.3 is 5.97 Å². The van der Waals surface area contributed by atoms with Gasteiger partial charge < -0.3 is 10.0 Å². The molecule has 0 aromatic carbocycles. The van der Waals surface area contributed by atoms with Crippen molar-refractivity contribution >= 4 is 5.97 Å². The van der Waals surface area contributed by atoms with Crippen molar-refractivity contribution in [2.24, 2.45) is 5.92 Å². The molecule has 0 amide bonds. The van der Waals surface area contributed by atoms with Crippen LogP contribution in [0.25, 0.3) is 0 Å². The Morgan fingerprint density at radius 2 is 1.53 bits per heavy atom. The monoisotopic (exact) mass is 266 g/mol. The molecule has 1 aliphatic carbocycles. The first-order valence-corrected chi connectivity index (χ1v) is 7.96. The van der Waals surface area contributed by atoms with E-state index in [0.717, 1.165) is 32.0 Å². The highest BCUT2D eigenvalue weighted by molar-refractivity contribution is 5.72. The molecule has 0 spiro atoms. The Bertz CT molecular complexity index is 320. The molecule has 0 bridgehead atoms. The highest BCUT2D eigenvalue weighted by Crippen LogP contribution is 2.34. The maximum Gasteiger partial charge on any atom is 0.308 e. The van der Waals surface area contributed by atoms with Gasteiger partial charge in [0.2, 0.25) is 0 Å². The first-order valence-electron chi connectivity index (χ1n) is 7.96. The zero-order valence-corrected chi connectivity index (χ0v) is 11.8. The number of aliphatic carboxylic acids is 1. The molecule has 1 saturated carbocycles. The van der Waals surface area contributed by atoms with E-state index in [1.807, 2.05) is 0 Å². The van der Waals surface area contributed by atoms with Gasteiger partial charge in [-0.3, -0.25) is 9.69 Å². The Hall–Kier alpha value is -0.610. The molecule has 0 aromatic heterocycles. The molecule has 3 rings (SSSR count). The highest BCUT2D eigenvalue weighted by atomic mass is 16.4. The first-order chi connectivity index (χ1) is 9.25. The minimum Gasteiger partial charge on any atom is -0.481 e. The smallest absolute Gasteiger partial charge is 0.308 e. The SMILES string of the molecule is O=C(O)C1CCC1N1CCC(N2CCCCC2)CC1. The Balaban J connectivity index is 1.48. The molecular formula is C15H26N2O2. The lowest BCUT2D eigenvalue weighted by Crippen LogP contribution is -2.55. The third kappa shape index (κ3) is 2.79. The standard InChI is InChI=1S/C15H26N2O2/c18-15(19)13-4-5-14(13)17-10-6-12(7-11-17)16-8-2-1-3-9-16/h12-14H,1-11H2,(H,18,19). The van der Waals surface area contributed by atoms with E-state index in [-0.39, 0.29) is 5.92 Å². The van der Waals surface area contributed by atoms with Crippen LogP contribution in [0.2, 0.25) is 0 Å². The lowest BCUT2D eigenvalue weighted by Gasteiger charge is -2.47. The van der Waals surface area contributed by atoms with Gasteiger partial charge in [0.05, 0.1) is 5.92 Å². The minimum absolute atomic E-state index is 0.0912. The van der Waals surface area contributed by atoms with Gasteiger partial charge in [0.1, 0.15) is 0 Å². The molecule has 2 aliphatic heterocycles. The molecule has 2 saturated heterocycles. The summed E-state index contributed by atoms with van der Waals surface area (Å²) in [6.07, 6.45) is 8.58. The van der Waals surface area contributed by atoms with Gasteiger partial charge in [0.15, 0.2) is 0 Å². The predicted octanol–water partition coefficient (Wildman–Crippen LogP) is 1.80. The van der Waals surface area contributed by atoms with E-state index in [9.17, 15) is 4.79 Å². The maximum atomic E-state index is 11.1. The molecular weight excluding hydrogens is 240 g/mol. The summed E-state index contributed by atoms with van der Waals surface area (Å²) in [5, 5.41) is 9.16. The molecule has 2 heterocycles. The molecule has 0 radical (unpaired) electrons. The number of rotatable bonds is 3. The van der Waals surface area contributed by atoms with Gasteiger partial charge in [0, 0.05) is 12.1 Å². The van der Waals surface area contributed by atoms with Gasteiger partial charge in [0.25, 0.3) is 0 Å². The van der Waals surface area contributed by atoms with E-state index < -0.39 is 5.97 Å². The fourth-order valence-corrected chi connectivity index (χ4v) is 4.07. The molecule has 4 nitrogen and oxygen atoms in total. The average molecular weight is 266 g/mol. The number of hydrogen-bond acceptors (Lipinski definition) is 3. The minimum atomic E-state index is -0.589. The van der Waals surface area contributed by atoms with Crippen molar-refractivity contribution in [1.82, 2.24) is 9.80 Å². The van der Waals surface area contributed by atoms with Crippen LogP contribution in [0.1, 0.15) is 44.9 Å². The molecule has 2 unspecified atom stereocenters. The number of nitrogens with zero attached hydrogens (tertiary/aromatic N) is 2. The number of hydrogen-bond donors (Lipinski definition) is 1. The van der Waals surface area contributed by atoms with E-state index in [0.29, 0.717) is 6.04 Å². The summed E-state index contributed by atoms with van der Waals surface area (Å²) in [6.45, 7) is 4.78. The maximum absolute atomic E-state index is 11.1. The van der Waals surface area contributed by atoms with Crippen LogP contribution in [-0.2, 0) is 4.79 Å². The summed E-state index contributed by atoms with van der Waals surface area (Å²) < 4.78 is 0. The number of piperidine rings is 2. The summed E-state index contributed by atoms with van der Waals surface area (Å²) in [4.78, 5) is 16.2. The predicted molar refractivity (Wildman–Crippen MR) is 74.2 cm³/mol. The number of carbonyl (C=O) groups is 1. The normalized spacial score (nSPS) is 34.9. The largest absolute Gasteiger partial charge is 0.481 e. The zero-order valence-electron chi connectivity index (χ0n) is 11.8. The molecule has 3 aliphatic rings. The van der Waals surface area contributed by atoms with Gasteiger partial charge in [-0.1, -0.05) is 6.42 Å². The van der Waals surface area contributed by atoms with E-state index in [1.165, 1.54) is 45.2 Å². The van der Waals surface area contributed by atoms with Crippen LogP contribution in [0.15, 0.2) is 0 Å². The van der Waals surface area contributed by atoms with Crippen LogP contribution >= 0.6 is 0 Å². The van der Waals surface area contributed by atoms with Gasteiger partial charge in [-0.15, -0.1) is 0 Å². The Labute approximate surface area is 115 Å². The fourth-order valence-electron chi connectivity index (χ4n) is 4.07. The van der Waals surface area contributed by atoms with Crippen molar-refractivity contribution in [3.05, 3.63) is 0 Å². The van der Waals surface area contributed by atoms with Gasteiger partial charge in [-0.05, 0) is 64.7 Å². The average Bonchev–Trinajstić information content (AvgIpc) is 2.39. The fraction of sp³-hybridized carbons (Fsp3) is 0.933. The van der Waals surface area contributed by atoms with Crippen LogP contribution in [0.5, 0.6) is 0 Å². The third-order valence-electron chi connectivity index (χ3n) is 5.43. The molecule has 108 valence electrons. The van der Waals surface area contributed by atoms with E-state index in [2.05, 4.69) is 9.80 Å². The van der Waals surface area contributed by atoms with E-state index in [1.54, 1.807) is 0 Å². The second-order valence-electron chi connectivity index (χ2n) is 6.45. The Morgan fingerprint density at radius 3 is 2.05 bits per heavy atom. The second-order valence-corrected chi connectivity index (χ2v) is 6.45. The second kappa shape index (κ2) is 5.80. The Kier molecular flexibility index (Phi) is 4.08. The van der Waals surface area contributed by atoms with Gasteiger partial charge in [-0.2, -0.15) is 0 Å². The molecule has 3 fully saturated rings. The lowest BCUT2D eigenvalue weighted by molar-refractivity contribution is -0.149. The molecule has 0 aromatic rings. The summed E-state index contributed by atoms with van der Waals surface area (Å²) in [7, 11) is 0. The lowest BCUT2D eigenvalue weighted by atomic mass is 9.77. The molecule has 4 heteroatoms. The van der Waals surface area contributed by atoms with Crippen LogP contribution in [0.4, 0.5) is 0 Å². The topological polar surface area (TPSA) is 43.8 Å². The van der Waals surface area contributed by atoms with Crippen molar-refractivity contribution in [1.29, 1.82) is 0 Å². The van der Waals surface area contributed by atoms with Crippen molar-refractivity contribution in [3.63, 3.8) is 0 Å².